The molecule has 0 saturated heterocycles. The maximum Gasteiger partial charge on any atom is 0.123 e. The van der Waals surface area contributed by atoms with Crippen LogP contribution in [-0.2, 0) is 11.3 Å². The summed E-state index contributed by atoms with van der Waals surface area (Å²) in [5, 5.41) is 4.01. The Balaban J connectivity index is 2.11. The fourth-order valence-electron chi connectivity index (χ4n) is 1.82. The summed E-state index contributed by atoms with van der Waals surface area (Å²) in [5.41, 5.74) is 1.12. The Bertz CT molecular complexity index is 577. The molecule has 0 spiro atoms. The standard InChI is InChI=1S/C16H17ClFNOS/c1-20-10-9-19-11-12-3-2-4-15(17)16(12)21-14-7-5-13(18)6-8-14/h2-8,19H,9-11H2,1H3. The van der Waals surface area contributed by atoms with Crippen molar-refractivity contribution in [3.05, 3.63) is 58.9 Å². The summed E-state index contributed by atoms with van der Waals surface area (Å²) in [6, 6.07) is 12.3. The zero-order valence-corrected chi connectivity index (χ0v) is 13.3. The predicted octanol–water partition coefficient (Wildman–Crippen LogP) is 4.37. The Morgan fingerprint density at radius 3 is 2.67 bits per heavy atom. The Morgan fingerprint density at radius 2 is 1.95 bits per heavy atom. The van der Waals surface area contributed by atoms with Crippen LogP contribution in [0.5, 0.6) is 0 Å². The van der Waals surface area contributed by atoms with Crippen molar-refractivity contribution in [3.63, 3.8) is 0 Å². The molecule has 1 N–H and O–H groups in total. The van der Waals surface area contributed by atoms with Crippen LogP contribution in [0.15, 0.2) is 52.3 Å². The molecule has 5 heteroatoms. The first-order valence-corrected chi connectivity index (χ1v) is 7.80. The van der Waals surface area contributed by atoms with Crippen molar-refractivity contribution in [1.29, 1.82) is 0 Å². The smallest absolute Gasteiger partial charge is 0.123 e. The van der Waals surface area contributed by atoms with Gasteiger partial charge in [-0.15, -0.1) is 0 Å². The summed E-state index contributed by atoms with van der Waals surface area (Å²) in [7, 11) is 1.68. The van der Waals surface area contributed by atoms with Gasteiger partial charge in [-0.05, 0) is 35.9 Å². The molecule has 0 radical (unpaired) electrons. The molecule has 112 valence electrons. The normalized spacial score (nSPS) is 10.8. The molecule has 2 aromatic carbocycles. The van der Waals surface area contributed by atoms with Crippen LogP contribution in [0.3, 0.4) is 0 Å². The predicted molar refractivity (Wildman–Crippen MR) is 85.6 cm³/mol. The summed E-state index contributed by atoms with van der Waals surface area (Å²) >= 11 is 7.85. The van der Waals surface area contributed by atoms with Gasteiger partial charge in [-0.2, -0.15) is 0 Å². The average Bonchev–Trinajstić information content (AvgIpc) is 2.49. The highest BCUT2D eigenvalue weighted by atomic mass is 35.5. The number of hydrogen-bond acceptors (Lipinski definition) is 3. The molecule has 0 unspecified atom stereocenters. The lowest BCUT2D eigenvalue weighted by molar-refractivity contribution is 0.199. The molecule has 2 rings (SSSR count). The van der Waals surface area contributed by atoms with E-state index in [1.807, 2.05) is 18.2 Å². The molecule has 2 nitrogen and oxygen atoms in total. The van der Waals surface area contributed by atoms with Crippen molar-refractivity contribution in [3.8, 4) is 0 Å². The number of nitrogens with one attached hydrogen (secondary N) is 1. The van der Waals surface area contributed by atoms with Crippen LogP contribution in [0.2, 0.25) is 5.02 Å². The molecular weight excluding hydrogens is 309 g/mol. The van der Waals surface area contributed by atoms with Crippen LogP contribution in [0.25, 0.3) is 0 Å². The monoisotopic (exact) mass is 325 g/mol. The zero-order valence-electron chi connectivity index (χ0n) is 11.7. The van der Waals surface area contributed by atoms with E-state index in [0.29, 0.717) is 18.2 Å². The van der Waals surface area contributed by atoms with Gasteiger partial charge >= 0.3 is 0 Å². The van der Waals surface area contributed by atoms with Gasteiger partial charge in [0.25, 0.3) is 0 Å². The van der Waals surface area contributed by atoms with E-state index in [2.05, 4.69) is 5.32 Å². The minimum absolute atomic E-state index is 0.236. The second kappa shape index (κ2) is 8.39. The third-order valence-corrected chi connectivity index (χ3v) is 4.50. The van der Waals surface area contributed by atoms with Gasteiger partial charge in [-0.3, -0.25) is 0 Å². The van der Waals surface area contributed by atoms with Crippen molar-refractivity contribution in [2.24, 2.45) is 0 Å². The van der Waals surface area contributed by atoms with E-state index in [1.165, 1.54) is 12.1 Å². The molecule has 0 aliphatic heterocycles. The van der Waals surface area contributed by atoms with Gasteiger partial charge in [-0.25, -0.2) is 4.39 Å². The lowest BCUT2D eigenvalue weighted by Crippen LogP contribution is -2.18. The topological polar surface area (TPSA) is 21.3 Å². The van der Waals surface area contributed by atoms with Crippen LogP contribution in [0.1, 0.15) is 5.56 Å². The maximum absolute atomic E-state index is 13.0. The molecule has 0 aliphatic rings. The van der Waals surface area contributed by atoms with Crippen LogP contribution in [0, 0.1) is 5.82 Å². The van der Waals surface area contributed by atoms with Gasteiger partial charge in [0.15, 0.2) is 0 Å². The van der Waals surface area contributed by atoms with Gasteiger partial charge in [0, 0.05) is 30.0 Å². The maximum atomic E-state index is 13.0. The van der Waals surface area contributed by atoms with Gasteiger partial charge in [0.05, 0.1) is 11.6 Å². The van der Waals surface area contributed by atoms with E-state index in [0.717, 1.165) is 21.9 Å². The molecule has 0 aliphatic carbocycles. The zero-order chi connectivity index (χ0) is 15.1. The van der Waals surface area contributed by atoms with Crippen molar-refractivity contribution in [2.45, 2.75) is 16.3 Å². The Hall–Kier alpha value is -1.07. The van der Waals surface area contributed by atoms with E-state index >= 15 is 0 Å². The lowest BCUT2D eigenvalue weighted by Gasteiger charge is -2.12. The minimum Gasteiger partial charge on any atom is -0.383 e. The second-order valence-electron chi connectivity index (χ2n) is 4.45. The van der Waals surface area contributed by atoms with Crippen molar-refractivity contribution < 1.29 is 9.13 Å². The van der Waals surface area contributed by atoms with Crippen LogP contribution < -0.4 is 5.32 Å². The number of rotatable bonds is 7. The summed E-state index contributed by atoms with van der Waals surface area (Å²) in [4.78, 5) is 1.96. The fourth-order valence-corrected chi connectivity index (χ4v) is 3.08. The molecule has 0 atom stereocenters. The van der Waals surface area contributed by atoms with Gasteiger partial charge in [0.1, 0.15) is 5.82 Å². The molecular formula is C16H17ClFNOS. The molecule has 0 saturated carbocycles. The molecule has 0 aromatic heterocycles. The first-order chi connectivity index (χ1) is 10.2. The molecule has 0 amide bonds. The first-order valence-electron chi connectivity index (χ1n) is 6.61. The van der Waals surface area contributed by atoms with E-state index in [9.17, 15) is 4.39 Å². The highest BCUT2D eigenvalue weighted by Gasteiger charge is 2.09. The van der Waals surface area contributed by atoms with E-state index in [1.54, 1.807) is 31.0 Å². The summed E-state index contributed by atoms with van der Waals surface area (Å²) in [6.07, 6.45) is 0. The number of methoxy groups -OCH3 is 1. The van der Waals surface area contributed by atoms with E-state index in [4.69, 9.17) is 16.3 Å². The summed E-state index contributed by atoms with van der Waals surface area (Å²) in [6.45, 7) is 2.16. The average molecular weight is 326 g/mol. The van der Waals surface area contributed by atoms with Crippen molar-refractivity contribution in [1.82, 2.24) is 5.32 Å². The number of ether oxygens (including phenoxy) is 1. The highest BCUT2D eigenvalue weighted by molar-refractivity contribution is 7.99. The molecule has 0 heterocycles. The summed E-state index contributed by atoms with van der Waals surface area (Å²) in [5.74, 6) is -0.236. The third kappa shape index (κ3) is 5.00. The lowest BCUT2D eigenvalue weighted by atomic mass is 10.2. The van der Waals surface area contributed by atoms with E-state index < -0.39 is 0 Å². The second-order valence-corrected chi connectivity index (χ2v) is 5.94. The van der Waals surface area contributed by atoms with Crippen molar-refractivity contribution >= 4 is 23.4 Å². The number of halogens is 2. The van der Waals surface area contributed by atoms with Gasteiger partial charge < -0.3 is 10.1 Å². The SMILES string of the molecule is COCCNCc1cccc(Cl)c1Sc1ccc(F)cc1. The Morgan fingerprint density at radius 1 is 1.19 bits per heavy atom. The third-order valence-electron chi connectivity index (χ3n) is 2.88. The Kier molecular flexibility index (Phi) is 6.51. The van der Waals surface area contributed by atoms with Gasteiger partial charge in [0.2, 0.25) is 0 Å². The highest BCUT2D eigenvalue weighted by Crippen LogP contribution is 2.36. The molecule has 0 bridgehead atoms. The number of hydrogen-bond donors (Lipinski definition) is 1. The first kappa shape index (κ1) is 16.3. The molecule has 21 heavy (non-hydrogen) atoms. The minimum atomic E-state index is -0.236. The number of benzene rings is 2. The quantitative estimate of drug-likeness (QED) is 0.764. The largest absolute Gasteiger partial charge is 0.383 e. The molecule has 0 fully saturated rings. The van der Waals surface area contributed by atoms with Crippen LogP contribution >= 0.6 is 23.4 Å². The summed E-state index contributed by atoms with van der Waals surface area (Å²) < 4.78 is 18.0. The van der Waals surface area contributed by atoms with Crippen LogP contribution in [-0.4, -0.2) is 20.3 Å². The Labute approximate surface area is 133 Å². The fraction of sp³-hybridized carbons (Fsp3) is 0.250. The van der Waals surface area contributed by atoms with Crippen LogP contribution in [0.4, 0.5) is 4.39 Å². The van der Waals surface area contributed by atoms with Crippen molar-refractivity contribution in [2.75, 3.05) is 20.3 Å². The van der Waals surface area contributed by atoms with E-state index in [-0.39, 0.29) is 5.82 Å². The van der Waals surface area contributed by atoms with Gasteiger partial charge in [-0.1, -0.05) is 35.5 Å². The molecule has 2 aromatic rings.